The highest BCUT2D eigenvalue weighted by Gasteiger charge is 2.03. The van der Waals surface area contributed by atoms with Crippen LogP contribution in [0, 0.1) is 0 Å². The van der Waals surface area contributed by atoms with Gasteiger partial charge in [0.25, 0.3) is 0 Å². The number of nitrogens with zero attached hydrogens (tertiary/aromatic N) is 2. The second-order valence-electron chi connectivity index (χ2n) is 10.3. The number of rotatable bonds is 21. The van der Waals surface area contributed by atoms with Gasteiger partial charge in [0.15, 0.2) is 24.8 Å². The number of pyridine rings is 2. The molecular weight excluding hydrogens is 572 g/mol. The summed E-state index contributed by atoms with van der Waals surface area (Å²) < 4.78 is 4.73. The Kier molecular flexibility index (Phi) is 24.1. The van der Waals surface area contributed by atoms with Crippen molar-refractivity contribution in [3.8, 4) is 0 Å². The Morgan fingerprint density at radius 3 is 1.03 bits per heavy atom. The molecular formula is C32H54Br2N2. The quantitative estimate of drug-likeness (QED) is 0.149. The van der Waals surface area contributed by atoms with Gasteiger partial charge in [-0.2, -0.15) is 0 Å². The molecule has 0 aromatic carbocycles. The predicted octanol–water partition coefficient (Wildman–Crippen LogP) is 2.34. The zero-order chi connectivity index (χ0) is 24.1. The van der Waals surface area contributed by atoms with Crippen molar-refractivity contribution in [3.63, 3.8) is 0 Å². The lowest BCUT2D eigenvalue weighted by atomic mass is 10.1. The van der Waals surface area contributed by atoms with E-state index in [1.165, 1.54) is 140 Å². The zero-order valence-electron chi connectivity index (χ0n) is 23.4. The smallest absolute Gasteiger partial charge is 0.169 e. The van der Waals surface area contributed by atoms with Gasteiger partial charge in [-0.3, -0.25) is 0 Å². The van der Waals surface area contributed by atoms with E-state index in [0.717, 1.165) is 0 Å². The zero-order valence-corrected chi connectivity index (χ0v) is 26.6. The molecule has 0 atom stereocenters. The van der Waals surface area contributed by atoms with Crippen LogP contribution in [-0.2, 0) is 25.9 Å². The third-order valence-electron chi connectivity index (χ3n) is 7.14. The molecule has 36 heavy (non-hydrogen) atoms. The summed E-state index contributed by atoms with van der Waals surface area (Å²) in [5.74, 6) is 0. The van der Waals surface area contributed by atoms with Crippen molar-refractivity contribution in [1.82, 2.24) is 0 Å². The average Bonchev–Trinajstić information content (AvgIpc) is 2.87. The molecule has 0 amide bonds. The van der Waals surface area contributed by atoms with Gasteiger partial charge in [-0.1, -0.05) is 78.1 Å². The minimum atomic E-state index is 0. The molecule has 0 spiro atoms. The highest BCUT2D eigenvalue weighted by molar-refractivity contribution is 5.07. The highest BCUT2D eigenvalue weighted by Crippen LogP contribution is 2.11. The molecule has 2 aromatic rings. The molecule has 2 rings (SSSR count). The molecule has 0 bridgehead atoms. The molecule has 0 unspecified atom stereocenters. The van der Waals surface area contributed by atoms with Gasteiger partial charge in [0.2, 0.25) is 0 Å². The van der Waals surface area contributed by atoms with Crippen LogP contribution in [0.15, 0.2) is 49.1 Å². The van der Waals surface area contributed by atoms with Gasteiger partial charge in [-0.05, 0) is 49.7 Å². The Balaban J connectivity index is 0.00000612. The molecule has 0 aliphatic carbocycles. The van der Waals surface area contributed by atoms with E-state index < -0.39 is 0 Å². The summed E-state index contributed by atoms with van der Waals surface area (Å²) in [5.41, 5.74) is 2.99. The first-order valence-electron chi connectivity index (χ1n) is 14.8. The molecule has 4 heteroatoms. The maximum Gasteiger partial charge on any atom is 0.169 e. The summed E-state index contributed by atoms with van der Waals surface area (Å²) in [6.07, 6.45) is 33.4. The molecule has 0 N–H and O–H groups in total. The molecule has 0 fully saturated rings. The van der Waals surface area contributed by atoms with Crippen LogP contribution in [0.1, 0.15) is 128 Å². The van der Waals surface area contributed by atoms with Crippen LogP contribution in [-0.4, -0.2) is 0 Å². The lowest BCUT2D eigenvalue weighted by molar-refractivity contribution is -0.697. The van der Waals surface area contributed by atoms with Gasteiger partial charge in [-0.15, -0.1) is 0 Å². The van der Waals surface area contributed by atoms with Crippen LogP contribution in [0.3, 0.4) is 0 Å². The number of aromatic nitrogens is 2. The van der Waals surface area contributed by atoms with E-state index >= 15 is 0 Å². The fraction of sp³-hybridized carbons (Fsp3) is 0.688. The Morgan fingerprint density at radius 2 is 0.722 bits per heavy atom. The van der Waals surface area contributed by atoms with E-state index in [4.69, 9.17) is 0 Å². The number of hydrogen-bond acceptors (Lipinski definition) is 0. The SMILES string of the molecule is CCCCCc1cc[n+](CCCCCCCCCCCC[n+]2ccc(CCCCC)cc2)cc1.[Br-].[Br-]. The van der Waals surface area contributed by atoms with Crippen molar-refractivity contribution in [2.24, 2.45) is 0 Å². The van der Waals surface area contributed by atoms with E-state index in [2.05, 4.69) is 72.0 Å². The second kappa shape index (κ2) is 24.6. The number of aryl methyl sites for hydroxylation is 4. The van der Waals surface area contributed by atoms with Crippen molar-refractivity contribution in [1.29, 1.82) is 0 Å². The summed E-state index contributed by atoms with van der Waals surface area (Å²) in [5, 5.41) is 0. The summed E-state index contributed by atoms with van der Waals surface area (Å²) in [4.78, 5) is 0. The van der Waals surface area contributed by atoms with E-state index in [-0.39, 0.29) is 34.0 Å². The molecule has 2 heterocycles. The fourth-order valence-corrected chi connectivity index (χ4v) is 4.77. The van der Waals surface area contributed by atoms with Gasteiger partial charge in [0, 0.05) is 37.1 Å². The number of hydrogen-bond donors (Lipinski definition) is 0. The largest absolute Gasteiger partial charge is 1.00 e. The highest BCUT2D eigenvalue weighted by atomic mass is 79.9. The minimum absolute atomic E-state index is 0. The standard InChI is InChI=1S/C32H54N2.2BrH/c1-3-5-15-19-31-21-27-33(28-22-31)25-17-13-11-9-7-8-10-12-14-18-26-34-29-23-32(24-30-34)20-16-6-4-2;;/h21-24,27-30H,3-20,25-26H2,1-2H3;2*1H/q+2;;/p-2. The van der Waals surface area contributed by atoms with Crippen LogP contribution < -0.4 is 43.1 Å². The lowest BCUT2D eigenvalue weighted by Crippen LogP contribution is -3.00. The first kappa shape index (κ1) is 35.3. The summed E-state index contributed by atoms with van der Waals surface area (Å²) in [6.45, 7) is 6.90. The third-order valence-corrected chi connectivity index (χ3v) is 7.14. The number of unbranched alkanes of at least 4 members (excludes halogenated alkanes) is 13. The summed E-state index contributed by atoms with van der Waals surface area (Å²) >= 11 is 0. The molecule has 0 aliphatic heterocycles. The molecule has 2 nitrogen and oxygen atoms in total. The minimum Gasteiger partial charge on any atom is -1.00 e. The van der Waals surface area contributed by atoms with Gasteiger partial charge in [0.1, 0.15) is 13.1 Å². The summed E-state index contributed by atoms with van der Waals surface area (Å²) in [7, 11) is 0. The first-order valence-corrected chi connectivity index (χ1v) is 14.8. The van der Waals surface area contributed by atoms with E-state index in [9.17, 15) is 0 Å². The molecule has 0 radical (unpaired) electrons. The van der Waals surface area contributed by atoms with Crippen molar-refractivity contribution < 1.29 is 43.1 Å². The van der Waals surface area contributed by atoms with E-state index in [1.807, 2.05) is 0 Å². The fourth-order valence-electron chi connectivity index (χ4n) is 4.77. The van der Waals surface area contributed by atoms with Crippen molar-refractivity contribution in [2.45, 2.75) is 143 Å². The van der Waals surface area contributed by atoms with Gasteiger partial charge in [0.05, 0.1) is 0 Å². The molecule has 0 saturated heterocycles. The van der Waals surface area contributed by atoms with Crippen molar-refractivity contribution >= 4 is 0 Å². The Morgan fingerprint density at radius 1 is 0.417 bits per heavy atom. The van der Waals surface area contributed by atoms with Crippen molar-refractivity contribution in [2.75, 3.05) is 0 Å². The maximum atomic E-state index is 2.36. The Labute approximate surface area is 244 Å². The normalized spacial score (nSPS) is 10.6. The van der Waals surface area contributed by atoms with Crippen LogP contribution in [0.5, 0.6) is 0 Å². The van der Waals surface area contributed by atoms with E-state index in [1.54, 1.807) is 0 Å². The third kappa shape index (κ3) is 17.7. The molecule has 0 aliphatic rings. The second-order valence-corrected chi connectivity index (χ2v) is 10.3. The molecule has 2 aromatic heterocycles. The summed E-state index contributed by atoms with van der Waals surface area (Å²) in [6, 6.07) is 9.28. The van der Waals surface area contributed by atoms with Crippen LogP contribution in [0.25, 0.3) is 0 Å². The number of halogens is 2. The van der Waals surface area contributed by atoms with Crippen LogP contribution >= 0.6 is 0 Å². The predicted molar refractivity (Wildman–Crippen MR) is 146 cm³/mol. The van der Waals surface area contributed by atoms with Gasteiger partial charge >= 0.3 is 0 Å². The maximum absolute atomic E-state index is 2.36. The van der Waals surface area contributed by atoms with Crippen LogP contribution in [0.4, 0.5) is 0 Å². The first-order chi connectivity index (χ1) is 16.8. The van der Waals surface area contributed by atoms with E-state index in [0.29, 0.717) is 0 Å². The Bertz CT molecular complexity index is 652. The monoisotopic (exact) mass is 624 g/mol. The van der Waals surface area contributed by atoms with Crippen LogP contribution in [0.2, 0.25) is 0 Å². The average molecular weight is 627 g/mol. The van der Waals surface area contributed by atoms with Gasteiger partial charge in [-0.25, -0.2) is 9.13 Å². The van der Waals surface area contributed by atoms with Crippen molar-refractivity contribution in [3.05, 3.63) is 60.2 Å². The topological polar surface area (TPSA) is 7.76 Å². The molecule has 0 saturated carbocycles. The Hall–Kier alpha value is -0.740. The lowest BCUT2D eigenvalue weighted by Gasteiger charge is -2.03. The molecule has 206 valence electrons. The van der Waals surface area contributed by atoms with Gasteiger partial charge < -0.3 is 34.0 Å².